The Morgan fingerprint density at radius 3 is 3.11 bits per heavy atom. The van der Waals surface area contributed by atoms with Gasteiger partial charge in [0.2, 0.25) is 0 Å². The number of benzene rings is 1. The minimum absolute atomic E-state index is 0.294. The average Bonchev–Trinajstić information content (AvgIpc) is 2.83. The number of carboxylic acid groups (broad SMARTS) is 1. The van der Waals surface area contributed by atoms with Gasteiger partial charge in [-0.25, -0.2) is 0 Å². The highest BCUT2D eigenvalue weighted by Gasteiger charge is 2.29. The molecule has 104 valence electrons. The van der Waals surface area contributed by atoms with Crippen LogP contribution in [0.2, 0.25) is 0 Å². The number of carboxylic acids is 1. The summed E-state index contributed by atoms with van der Waals surface area (Å²) in [5.74, 6) is 0.180. The van der Waals surface area contributed by atoms with Gasteiger partial charge in [-0.1, -0.05) is 6.07 Å². The van der Waals surface area contributed by atoms with E-state index in [-0.39, 0.29) is 6.04 Å². The zero-order chi connectivity index (χ0) is 13.7. The molecule has 19 heavy (non-hydrogen) atoms. The maximum atomic E-state index is 11.0. The Morgan fingerprint density at radius 2 is 2.37 bits per heavy atom. The normalized spacial score (nSPS) is 19.5. The molecule has 1 aliphatic rings. The summed E-state index contributed by atoms with van der Waals surface area (Å²) in [6.45, 7) is 2.31. The lowest BCUT2D eigenvalue weighted by Gasteiger charge is -2.20. The fourth-order valence-corrected chi connectivity index (χ4v) is 2.90. The molecule has 0 amide bonds. The number of halogens is 1. The van der Waals surface area contributed by atoms with Crippen LogP contribution < -0.4 is 4.74 Å². The molecule has 1 saturated heterocycles. The van der Waals surface area contributed by atoms with E-state index < -0.39 is 5.97 Å². The van der Waals surface area contributed by atoms with Crippen LogP contribution in [-0.4, -0.2) is 41.7 Å². The van der Waals surface area contributed by atoms with Crippen LogP contribution in [0.15, 0.2) is 24.3 Å². The van der Waals surface area contributed by atoms with Crippen LogP contribution >= 0.6 is 22.6 Å². The van der Waals surface area contributed by atoms with E-state index in [0.29, 0.717) is 6.61 Å². The predicted octanol–water partition coefficient (Wildman–Crippen LogP) is 2.61. The third-order valence-electron chi connectivity index (χ3n) is 3.30. The molecule has 1 heterocycles. The zero-order valence-corrected chi connectivity index (χ0v) is 12.9. The molecule has 1 fully saturated rings. The van der Waals surface area contributed by atoms with Gasteiger partial charge in [0.05, 0.1) is 6.61 Å². The lowest BCUT2D eigenvalue weighted by molar-refractivity contribution is -0.142. The number of aliphatic carboxylic acids is 1. The fourth-order valence-electron chi connectivity index (χ4n) is 2.39. The third-order valence-corrected chi connectivity index (χ3v) is 3.97. The Hall–Kier alpha value is -0.820. The molecule has 1 aliphatic heterocycles. The largest absolute Gasteiger partial charge is 0.494 e. The van der Waals surface area contributed by atoms with E-state index in [1.165, 1.54) is 0 Å². The highest BCUT2D eigenvalue weighted by atomic mass is 127. The molecule has 0 aliphatic carbocycles. The van der Waals surface area contributed by atoms with Crippen LogP contribution in [-0.2, 0) is 4.79 Å². The van der Waals surface area contributed by atoms with E-state index in [0.717, 1.165) is 41.7 Å². The molecule has 1 N–H and O–H groups in total. The molecule has 5 heteroatoms. The van der Waals surface area contributed by atoms with Crippen LogP contribution in [0.1, 0.15) is 19.3 Å². The molecule has 0 saturated carbocycles. The standard InChI is InChI=1S/C14H18INO3/c15-11-4-1-5-12(10-11)19-9-3-8-16-7-2-6-13(16)14(17)18/h1,4-5,10,13H,2-3,6-9H2,(H,17,18)/t13-/m0/s1. The molecule has 1 aromatic carbocycles. The van der Waals surface area contributed by atoms with Crippen molar-refractivity contribution in [2.45, 2.75) is 25.3 Å². The monoisotopic (exact) mass is 375 g/mol. The van der Waals surface area contributed by atoms with E-state index in [1.807, 2.05) is 29.2 Å². The van der Waals surface area contributed by atoms with Gasteiger partial charge in [-0.3, -0.25) is 9.69 Å². The second-order valence-corrected chi connectivity index (χ2v) is 5.94. The van der Waals surface area contributed by atoms with Crippen LogP contribution in [0.3, 0.4) is 0 Å². The van der Waals surface area contributed by atoms with Gasteiger partial charge < -0.3 is 9.84 Å². The summed E-state index contributed by atoms with van der Waals surface area (Å²) < 4.78 is 6.82. The van der Waals surface area contributed by atoms with Crippen LogP contribution in [0.25, 0.3) is 0 Å². The van der Waals surface area contributed by atoms with Crippen LogP contribution in [0.4, 0.5) is 0 Å². The van der Waals surface area contributed by atoms with Crippen molar-refractivity contribution in [2.24, 2.45) is 0 Å². The van der Waals surface area contributed by atoms with E-state index in [4.69, 9.17) is 9.84 Å². The molecular formula is C14H18INO3. The highest BCUT2D eigenvalue weighted by Crippen LogP contribution is 2.18. The molecule has 1 aromatic rings. The third kappa shape index (κ3) is 4.35. The molecule has 0 aromatic heterocycles. The lowest BCUT2D eigenvalue weighted by Crippen LogP contribution is -2.36. The zero-order valence-electron chi connectivity index (χ0n) is 10.7. The molecule has 4 nitrogen and oxygen atoms in total. The highest BCUT2D eigenvalue weighted by molar-refractivity contribution is 14.1. The first-order valence-electron chi connectivity index (χ1n) is 6.52. The number of nitrogens with zero attached hydrogens (tertiary/aromatic N) is 1. The van der Waals surface area contributed by atoms with E-state index in [9.17, 15) is 4.79 Å². The van der Waals surface area contributed by atoms with E-state index in [1.54, 1.807) is 0 Å². The first-order valence-corrected chi connectivity index (χ1v) is 7.60. The van der Waals surface area contributed by atoms with Crippen molar-refractivity contribution in [1.29, 1.82) is 0 Å². The summed E-state index contributed by atoms with van der Waals surface area (Å²) in [7, 11) is 0. The number of rotatable bonds is 6. The van der Waals surface area contributed by atoms with E-state index >= 15 is 0 Å². The lowest BCUT2D eigenvalue weighted by atomic mass is 10.2. The number of hydrogen-bond donors (Lipinski definition) is 1. The van der Waals surface area contributed by atoms with Gasteiger partial charge in [0, 0.05) is 10.1 Å². The number of likely N-dealkylation sites (tertiary alicyclic amines) is 1. The van der Waals surface area contributed by atoms with Gasteiger partial charge in [-0.05, 0) is 66.6 Å². The Morgan fingerprint density at radius 1 is 1.53 bits per heavy atom. The van der Waals surface area contributed by atoms with Gasteiger partial charge in [-0.2, -0.15) is 0 Å². The summed E-state index contributed by atoms with van der Waals surface area (Å²) in [5, 5.41) is 9.07. The predicted molar refractivity (Wildman–Crippen MR) is 81.5 cm³/mol. The molecule has 1 atom stereocenters. The maximum absolute atomic E-state index is 11.0. The molecule has 0 unspecified atom stereocenters. The second kappa shape index (κ2) is 7.09. The summed E-state index contributed by atoms with van der Waals surface area (Å²) in [5.41, 5.74) is 0. The molecule has 2 rings (SSSR count). The summed E-state index contributed by atoms with van der Waals surface area (Å²) in [6.07, 6.45) is 2.61. The molecular weight excluding hydrogens is 357 g/mol. The van der Waals surface area contributed by atoms with Crippen molar-refractivity contribution in [3.8, 4) is 5.75 Å². The summed E-state index contributed by atoms with van der Waals surface area (Å²) in [4.78, 5) is 13.1. The van der Waals surface area contributed by atoms with Crippen molar-refractivity contribution in [2.75, 3.05) is 19.7 Å². The quantitative estimate of drug-likeness (QED) is 0.614. The van der Waals surface area contributed by atoms with Crippen molar-refractivity contribution < 1.29 is 14.6 Å². The van der Waals surface area contributed by atoms with E-state index in [2.05, 4.69) is 22.6 Å². The summed E-state index contributed by atoms with van der Waals surface area (Å²) >= 11 is 2.25. The first-order chi connectivity index (χ1) is 9.16. The maximum Gasteiger partial charge on any atom is 0.320 e. The fraction of sp³-hybridized carbons (Fsp3) is 0.500. The van der Waals surface area contributed by atoms with Crippen molar-refractivity contribution in [1.82, 2.24) is 4.90 Å². The average molecular weight is 375 g/mol. The Balaban J connectivity index is 1.71. The first kappa shape index (κ1) is 14.6. The van der Waals surface area contributed by atoms with Gasteiger partial charge in [0.25, 0.3) is 0 Å². The summed E-state index contributed by atoms with van der Waals surface area (Å²) in [6, 6.07) is 7.64. The second-order valence-electron chi connectivity index (χ2n) is 4.69. The van der Waals surface area contributed by atoms with Gasteiger partial charge in [0.1, 0.15) is 11.8 Å². The Bertz CT molecular complexity index is 438. The van der Waals surface area contributed by atoms with Crippen LogP contribution in [0, 0.1) is 3.57 Å². The van der Waals surface area contributed by atoms with Gasteiger partial charge >= 0.3 is 5.97 Å². The minimum atomic E-state index is -0.698. The van der Waals surface area contributed by atoms with Crippen molar-refractivity contribution >= 4 is 28.6 Å². The van der Waals surface area contributed by atoms with Gasteiger partial charge in [0.15, 0.2) is 0 Å². The molecule has 0 bridgehead atoms. The number of hydrogen-bond acceptors (Lipinski definition) is 3. The van der Waals surface area contributed by atoms with Gasteiger partial charge in [-0.15, -0.1) is 0 Å². The molecule has 0 radical (unpaired) electrons. The SMILES string of the molecule is O=C(O)[C@@H]1CCCN1CCCOc1cccc(I)c1. The minimum Gasteiger partial charge on any atom is -0.494 e. The smallest absolute Gasteiger partial charge is 0.320 e. The number of carbonyl (C=O) groups is 1. The number of ether oxygens (including phenoxy) is 1. The molecule has 0 spiro atoms. The van der Waals surface area contributed by atoms with Crippen LogP contribution in [0.5, 0.6) is 5.75 Å². The van der Waals surface area contributed by atoms with Crippen molar-refractivity contribution in [3.05, 3.63) is 27.8 Å². The Kier molecular flexibility index (Phi) is 5.45. The topological polar surface area (TPSA) is 49.8 Å². The Labute approximate surface area is 126 Å². The van der Waals surface area contributed by atoms with Crippen molar-refractivity contribution in [3.63, 3.8) is 0 Å².